The summed E-state index contributed by atoms with van der Waals surface area (Å²) in [6.07, 6.45) is 3.82. The van der Waals surface area contributed by atoms with Crippen LogP contribution in [0.4, 0.5) is 5.69 Å². The van der Waals surface area contributed by atoms with Gasteiger partial charge in [-0.2, -0.15) is 0 Å². The zero-order chi connectivity index (χ0) is 18.8. The highest BCUT2D eigenvalue weighted by atomic mass is 35.5. The highest BCUT2D eigenvalue weighted by molar-refractivity contribution is 8.18. The van der Waals surface area contributed by atoms with Crippen LogP contribution in [0, 0.1) is 6.92 Å². The summed E-state index contributed by atoms with van der Waals surface area (Å²) in [7, 11) is 0. The Morgan fingerprint density at radius 1 is 1.07 bits per heavy atom. The number of carbonyl (C=O) groups excluding carboxylic acids is 1. The molecule has 1 saturated heterocycles. The summed E-state index contributed by atoms with van der Waals surface area (Å²) in [4.78, 5) is 17.5. The third kappa shape index (κ3) is 3.84. The molecule has 134 valence electrons. The number of nitrogens with zero attached hydrogens (tertiary/aromatic N) is 2. The minimum absolute atomic E-state index is 0.142. The van der Waals surface area contributed by atoms with Crippen LogP contribution in [0.3, 0.4) is 0 Å². The number of aromatic nitrogens is 1. The molecule has 27 heavy (non-hydrogen) atoms. The third-order valence-corrected chi connectivity index (χ3v) is 5.31. The van der Waals surface area contributed by atoms with Crippen LogP contribution in [-0.4, -0.2) is 15.6 Å². The molecule has 0 spiro atoms. The molecule has 0 bridgehead atoms. The van der Waals surface area contributed by atoms with Crippen molar-refractivity contribution in [3.05, 3.63) is 88.0 Å². The Bertz CT molecular complexity index is 1070. The van der Waals surface area contributed by atoms with E-state index in [1.54, 1.807) is 0 Å². The van der Waals surface area contributed by atoms with Crippen LogP contribution in [0.5, 0.6) is 0 Å². The Kier molecular flexibility index (Phi) is 4.88. The van der Waals surface area contributed by atoms with E-state index in [1.165, 1.54) is 11.8 Å². The molecule has 6 heteroatoms. The van der Waals surface area contributed by atoms with E-state index in [2.05, 4.69) is 10.3 Å². The van der Waals surface area contributed by atoms with Crippen LogP contribution >= 0.6 is 23.4 Å². The molecular formula is C21H16ClN3OS. The lowest BCUT2D eigenvalue weighted by atomic mass is 10.2. The van der Waals surface area contributed by atoms with Crippen molar-refractivity contribution in [1.82, 2.24) is 9.88 Å². The predicted octanol–water partition coefficient (Wildman–Crippen LogP) is 5.33. The maximum atomic E-state index is 12.4. The lowest BCUT2D eigenvalue weighted by Crippen LogP contribution is -2.19. The predicted molar refractivity (Wildman–Crippen MR) is 113 cm³/mol. The maximum Gasteiger partial charge on any atom is 0.264 e. The van der Waals surface area contributed by atoms with Crippen molar-refractivity contribution in [3.8, 4) is 5.69 Å². The third-order valence-electron chi connectivity index (χ3n) is 4.15. The van der Waals surface area contributed by atoms with Gasteiger partial charge in [-0.15, -0.1) is 0 Å². The van der Waals surface area contributed by atoms with Gasteiger partial charge in [0.25, 0.3) is 5.91 Å². The number of thioether (sulfide) groups is 1. The molecule has 0 atom stereocenters. The Morgan fingerprint density at radius 2 is 1.85 bits per heavy atom. The fourth-order valence-corrected chi connectivity index (χ4v) is 3.71. The Balaban J connectivity index is 1.62. The second-order valence-corrected chi connectivity index (χ2v) is 7.51. The minimum Gasteiger partial charge on any atom is -0.317 e. The Morgan fingerprint density at radius 3 is 2.63 bits per heavy atom. The number of hydrogen-bond acceptors (Lipinski definition) is 3. The van der Waals surface area contributed by atoms with E-state index in [0.29, 0.717) is 15.1 Å². The molecule has 2 aromatic carbocycles. The average Bonchev–Trinajstić information content (AvgIpc) is 3.25. The number of para-hydroxylation sites is 1. The topological polar surface area (TPSA) is 46.4 Å². The molecule has 2 heterocycles. The van der Waals surface area contributed by atoms with Gasteiger partial charge < -0.3 is 9.88 Å². The second kappa shape index (κ2) is 7.47. The van der Waals surface area contributed by atoms with Gasteiger partial charge in [-0.3, -0.25) is 4.79 Å². The highest BCUT2D eigenvalue weighted by Gasteiger charge is 2.24. The molecule has 1 fully saturated rings. The monoisotopic (exact) mass is 393 g/mol. The molecule has 0 aliphatic carbocycles. The fraction of sp³-hybridized carbons (Fsp3) is 0.0476. The standard InChI is InChI=1S/C21H16ClN3OS/c1-14-5-2-3-7-18(14)23-21-24-20(26)19(27-21)13-17-6-4-12-25(17)16-10-8-15(22)9-11-16/h2-13H,1H3,(H,23,24,26)/b19-13-. The number of benzene rings is 2. The van der Waals surface area contributed by atoms with E-state index >= 15 is 0 Å². The van der Waals surface area contributed by atoms with Gasteiger partial charge in [-0.25, -0.2) is 4.99 Å². The SMILES string of the molecule is Cc1ccccc1N=C1NC(=O)/C(=C/c2cccn2-c2ccc(Cl)cc2)S1. The Hall–Kier alpha value is -2.76. The molecule has 1 amide bonds. The van der Waals surface area contributed by atoms with E-state index in [0.717, 1.165) is 22.6 Å². The van der Waals surface area contributed by atoms with Crippen molar-refractivity contribution < 1.29 is 4.79 Å². The summed E-state index contributed by atoms with van der Waals surface area (Å²) < 4.78 is 2.01. The molecule has 1 N–H and O–H groups in total. The largest absolute Gasteiger partial charge is 0.317 e. The molecular weight excluding hydrogens is 378 g/mol. The molecule has 0 unspecified atom stereocenters. The van der Waals surface area contributed by atoms with Crippen LogP contribution in [0.1, 0.15) is 11.3 Å². The summed E-state index contributed by atoms with van der Waals surface area (Å²) >= 11 is 7.32. The van der Waals surface area contributed by atoms with E-state index < -0.39 is 0 Å². The summed E-state index contributed by atoms with van der Waals surface area (Å²) in [5.74, 6) is -0.142. The van der Waals surface area contributed by atoms with Gasteiger partial charge in [0.05, 0.1) is 10.6 Å². The number of amides is 1. The zero-order valence-electron chi connectivity index (χ0n) is 14.5. The summed E-state index contributed by atoms with van der Waals surface area (Å²) in [6.45, 7) is 2.00. The number of rotatable bonds is 3. The molecule has 0 radical (unpaired) electrons. The van der Waals surface area contributed by atoms with Crippen molar-refractivity contribution in [2.75, 3.05) is 0 Å². The lowest BCUT2D eigenvalue weighted by molar-refractivity contribution is -0.115. The number of hydrogen-bond donors (Lipinski definition) is 1. The number of halogens is 1. The first-order valence-electron chi connectivity index (χ1n) is 8.39. The molecule has 4 nitrogen and oxygen atoms in total. The van der Waals surface area contributed by atoms with Gasteiger partial charge in [0.2, 0.25) is 0 Å². The normalized spacial score (nSPS) is 16.9. The summed E-state index contributed by atoms with van der Waals surface area (Å²) in [5.41, 5.74) is 3.81. The van der Waals surface area contributed by atoms with Gasteiger partial charge >= 0.3 is 0 Å². The maximum absolute atomic E-state index is 12.4. The molecule has 0 saturated carbocycles. The van der Waals surface area contributed by atoms with Gasteiger partial charge in [0, 0.05) is 22.6 Å². The molecule has 1 aliphatic rings. The number of aryl methyl sites for hydroxylation is 1. The first-order valence-corrected chi connectivity index (χ1v) is 9.58. The van der Waals surface area contributed by atoms with Crippen molar-refractivity contribution in [2.24, 2.45) is 4.99 Å². The van der Waals surface area contributed by atoms with Crippen LogP contribution in [0.25, 0.3) is 11.8 Å². The first-order chi connectivity index (χ1) is 13.1. The smallest absolute Gasteiger partial charge is 0.264 e. The van der Waals surface area contributed by atoms with Gasteiger partial charge in [-0.05, 0) is 72.8 Å². The molecule has 1 aromatic heterocycles. The van der Waals surface area contributed by atoms with Gasteiger partial charge in [0.15, 0.2) is 5.17 Å². The number of aliphatic imine (C=N–C) groups is 1. The van der Waals surface area contributed by atoms with E-state index in [9.17, 15) is 4.79 Å². The van der Waals surface area contributed by atoms with Gasteiger partial charge in [0.1, 0.15) is 0 Å². The fourth-order valence-electron chi connectivity index (χ4n) is 2.76. The first kappa shape index (κ1) is 17.6. The van der Waals surface area contributed by atoms with Crippen molar-refractivity contribution in [2.45, 2.75) is 6.92 Å². The quantitative estimate of drug-likeness (QED) is 0.611. The Labute approximate surface area is 166 Å². The van der Waals surface area contributed by atoms with E-state index in [1.807, 2.05) is 84.4 Å². The van der Waals surface area contributed by atoms with Crippen LogP contribution in [0.2, 0.25) is 5.02 Å². The van der Waals surface area contributed by atoms with Crippen LogP contribution in [0.15, 0.2) is 76.8 Å². The number of amidine groups is 1. The lowest BCUT2D eigenvalue weighted by Gasteiger charge is -2.06. The minimum atomic E-state index is -0.142. The van der Waals surface area contributed by atoms with Crippen molar-refractivity contribution >= 4 is 46.2 Å². The summed E-state index contributed by atoms with van der Waals surface area (Å²) in [6, 6.07) is 19.3. The zero-order valence-corrected chi connectivity index (χ0v) is 16.1. The van der Waals surface area contributed by atoms with E-state index in [4.69, 9.17) is 11.6 Å². The number of carbonyl (C=O) groups is 1. The summed E-state index contributed by atoms with van der Waals surface area (Å²) in [5, 5.41) is 4.11. The highest BCUT2D eigenvalue weighted by Crippen LogP contribution is 2.29. The molecule has 1 aliphatic heterocycles. The van der Waals surface area contributed by atoms with Crippen LogP contribution < -0.4 is 5.32 Å². The molecule has 3 aromatic rings. The average molecular weight is 394 g/mol. The van der Waals surface area contributed by atoms with E-state index in [-0.39, 0.29) is 5.91 Å². The van der Waals surface area contributed by atoms with Crippen molar-refractivity contribution in [3.63, 3.8) is 0 Å². The van der Waals surface area contributed by atoms with Crippen molar-refractivity contribution in [1.29, 1.82) is 0 Å². The van der Waals surface area contributed by atoms with Crippen LogP contribution in [-0.2, 0) is 4.79 Å². The number of nitrogens with one attached hydrogen (secondary N) is 1. The molecule has 4 rings (SSSR count). The second-order valence-electron chi connectivity index (χ2n) is 6.05. The van der Waals surface area contributed by atoms with Gasteiger partial charge in [-0.1, -0.05) is 29.8 Å².